The maximum Gasteiger partial charge on any atom is 0.321 e. The van der Waals surface area contributed by atoms with Crippen LogP contribution in [0, 0.1) is 0 Å². The number of likely N-dealkylation sites (N-methyl/N-ethyl adjacent to an activating group) is 1. The van der Waals surface area contributed by atoms with Gasteiger partial charge >= 0.3 is 6.03 Å². The van der Waals surface area contributed by atoms with Gasteiger partial charge < -0.3 is 10.2 Å². The summed E-state index contributed by atoms with van der Waals surface area (Å²) >= 11 is 0. The van der Waals surface area contributed by atoms with Gasteiger partial charge in [-0.15, -0.1) is 0 Å². The number of carbonyl (C=O) groups is 2. The Hall–Kier alpha value is -1.88. The quantitative estimate of drug-likeness (QED) is 0.755. The number of carbonyl (C=O) groups excluding carboxylic acids is 2. The van der Waals surface area contributed by atoms with Gasteiger partial charge in [-0.1, -0.05) is 45.0 Å². The van der Waals surface area contributed by atoms with E-state index in [1.54, 1.807) is 0 Å². The van der Waals surface area contributed by atoms with Crippen LogP contribution in [0.3, 0.4) is 0 Å². The lowest BCUT2D eigenvalue weighted by molar-refractivity contribution is -0.885. The predicted octanol–water partition coefficient (Wildman–Crippen LogP) is 0.845. The lowest BCUT2D eigenvalue weighted by Crippen LogP contribution is -3.09. The van der Waals surface area contributed by atoms with Gasteiger partial charge in [0.15, 0.2) is 6.54 Å². The zero-order valence-corrected chi connectivity index (χ0v) is 14.2. The molecule has 0 aliphatic rings. The van der Waals surface area contributed by atoms with E-state index >= 15 is 0 Å². The maximum absolute atomic E-state index is 11.7. The zero-order valence-electron chi connectivity index (χ0n) is 14.2. The van der Waals surface area contributed by atoms with E-state index in [1.807, 2.05) is 14.0 Å². The van der Waals surface area contributed by atoms with Gasteiger partial charge in [-0.2, -0.15) is 0 Å². The summed E-state index contributed by atoms with van der Waals surface area (Å²) in [6.07, 6.45) is 0. The molecule has 1 atom stereocenters. The Labute approximate surface area is 133 Å². The molecule has 0 saturated heterocycles. The highest BCUT2D eigenvalue weighted by atomic mass is 16.2. The number of benzene rings is 1. The van der Waals surface area contributed by atoms with Crippen molar-refractivity contribution >= 4 is 11.9 Å². The number of amides is 3. The first-order valence-electron chi connectivity index (χ1n) is 7.70. The summed E-state index contributed by atoms with van der Waals surface area (Å²) in [5.41, 5.74) is 2.61. The second-order valence-corrected chi connectivity index (χ2v) is 6.67. The molecular formula is C17H28N3O2+. The lowest BCUT2D eigenvalue weighted by atomic mass is 9.87. The fourth-order valence-electron chi connectivity index (χ4n) is 2.18. The van der Waals surface area contributed by atoms with Crippen LogP contribution in [0.15, 0.2) is 24.3 Å². The minimum absolute atomic E-state index is 0.143. The van der Waals surface area contributed by atoms with Gasteiger partial charge in [0.1, 0.15) is 6.54 Å². The molecule has 0 aliphatic heterocycles. The molecule has 0 spiro atoms. The van der Waals surface area contributed by atoms with E-state index in [2.05, 4.69) is 55.7 Å². The molecule has 0 bridgehead atoms. The van der Waals surface area contributed by atoms with Crippen LogP contribution in [0.5, 0.6) is 0 Å². The highest BCUT2D eigenvalue weighted by molar-refractivity contribution is 5.94. The topological polar surface area (TPSA) is 62.6 Å². The molecular weight excluding hydrogens is 278 g/mol. The summed E-state index contributed by atoms with van der Waals surface area (Å²) in [4.78, 5) is 24.0. The Morgan fingerprint density at radius 2 is 1.73 bits per heavy atom. The molecule has 3 N–H and O–H groups in total. The number of urea groups is 1. The van der Waals surface area contributed by atoms with E-state index in [9.17, 15) is 9.59 Å². The third-order valence-electron chi connectivity index (χ3n) is 3.38. The number of hydrogen-bond acceptors (Lipinski definition) is 2. The molecule has 1 rings (SSSR count). The van der Waals surface area contributed by atoms with E-state index < -0.39 is 6.03 Å². The molecule has 0 fully saturated rings. The van der Waals surface area contributed by atoms with Crippen molar-refractivity contribution in [2.24, 2.45) is 0 Å². The summed E-state index contributed by atoms with van der Waals surface area (Å²) in [6, 6.07) is 8.04. The van der Waals surface area contributed by atoms with Crippen molar-refractivity contribution in [3.63, 3.8) is 0 Å². The van der Waals surface area contributed by atoms with E-state index in [-0.39, 0.29) is 17.9 Å². The van der Waals surface area contributed by atoms with E-state index in [0.29, 0.717) is 6.54 Å². The molecule has 1 aromatic carbocycles. The third-order valence-corrected chi connectivity index (χ3v) is 3.38. The fourth-order valence-corrected chi connectivity index (χ4v) is 2.18. The fraction of sp³-hybridized carbons (Fsp3) is 0.529. The first-order chi connectivity index (χ1) is 10.2. The molecule has 1 unspecified atom stereocenters. The smallest absolute Gasteiger partial charge is 0.321 e. The Morgan fingerprint density at radius 3 is 2.23 bits per heavy atom. The number of hydrogen-bond donors (Lipinski definition) is 3. The van der Waals surface area contributed by atoms with Crippen molar-refractivity contribution < 1.29 is 14.5 Å². The van der Waals surface area contributed by atoms with Crippen molar-refractivity contribution in [2.75, 3.05) is 20.1 Å². The normalized spacial score (nSPS) is 12.6. The Morgan fingerprint density at radius 1 is 1.14 bits per heavy atom. The van der Waals surface area contributed by atoms with Gasteiger partial charge in [0.25, 0.3) is 5.91 Å². The van der Waals surface area contributed by atoms with Crippen molar-refractivity contribution in [3.05, 3.63) is 35.4 Å². The molecule has 0 heterocycles. The molecule has 3 amide bonds. The van der Waals surface area contributed by atoms with Crippen LogP contribution in [0.2, 0.25) is 0 Å². The molecule has 5 nitrogen and oxygen atoms in total. The summed E-state index contributed by atoms with van der Waals surface area (Å²) < 4.78 is 0. The molecule has 0 saturated carbocycles. The summed E-state index contributed by atoms with van der Waals surface area (Å²) in [5, 5.41) is 4.86. The van der Waals surface area contributed by atoms with Gasteiger partial charge in [-0.3, -0.25) is 10.1 Å². The van der Waals surface area contributed by atoms with Crippen molar-refractivity contribution in [3.8, 4) is 0 Å². The average molecular weight is 306 g/mol. The van der Waals surface area contributed by atoms with Crippen LogP contribution in [0.25, 0.3) is 0 Å². The van der Waals surface area contributed by atoms with Crippen LogP contribution in [-0.4, -0.2) is 32.1 Å². The van der Waals surface area contributed by atoms with Crippen molar-refractivity contribution in [1.82, 2.24) is 10.6 Å². The molecule has 0 aromatic heterocycles. The lowest BCUT2D eigenvalue weighted by Gasteiger charge is -2.19. The number of nitrogens with one attached hydrogen (secondary N) is 3. The Bertz CT molecular complexity index is 504. The van der Waals surface area contributed by atoms with Crippen LogP contribution >= 0.6 is 0 Å². The molecule has 5 heteroatoms. The third kappa shape index (κ3) is 6.26. The van der Waals surface area contributed by atoms with Crippen molar-refractivity contribution in [1.29, 1.82) is 0 Å². The SMILES string of the molecule is CCNC(=O)NC(=O)C[NH+](C)Cc1ccc(C(C)(C)C)cc1. The second-order valence-electron chi connectivity index (χ2n) is 6.67. The van der Waals surface area contributed by atoms with Crippen LogP contribution < -0.4 is 15.5 Å². The number of imide groups is 1. The number of rotatable bonds is 5. The Balaban J connectivity index is 2.49. The van der Waals surface area contributed by atoms with Crippen LogP contribution in [0.1, 0.15) is 38.8 Å². The summed E-state index contributed by atoms with van der Waals surface area (Å²) in [5.74, 6) is -0.269. The minimum Gasteiger partial charge on any atom is -0.338 e. The zero-order chi connectivity index (χ0) is 16.8. The van der Waals surface area contributed by atoms with Crippen molar-refractivity contribution in [2.45, 2.75) is 39.7 Å². The van der Waals surface area contributed by atoms with Gasteiger partial charge in [0.2, 0.25) is 0 Å². The minimum atomic E-state index is -0.435. The van der Waals surface area contributed by atoms with Gasteiger partial charge in [-0.05, 0) is 17.9 Å². The van der Waals surface area contributed by atoms with Crippen LogP contribution in [-0.2, 0) is 16.8 Å². The summed E-state index contributed by atoms with van der Waals surface area (Å²) in [6.45, 7) is 9.87. The molecule has 122 valence electrons. The maximum atomic E-state index is 11.7. The summed E-state index contributed by atoms with van der Waals surface area (Å²) in [7, 11) is 1.94. The van der Waals surface area contributed by atoms with E-state index in [1.165, 1.54) is 11.1 Å². The molecule has 0 aliphatic carbocycles. The first kappa shape index (κ1) is 18.2. The van der Waals surface area contributed by atoms with E-state index in [4.69, 9.17) is 0 Å². The van der Waals surface area contributed by atoms with E-state index in [0.717, 1.165) is 11.4 Å². The largest absolute Gasteiger partial charge is 0.338 e. The monoisotopic (exact) mass is 306 g/mol. The Kier molecular flexibility index (Phi) is 6.56. The van der Waals surface area contributed by atoms with Gasteiger partial charge in [0, 0.05) is 12.1 Å². The average Bonchev–Trinajstić information content (AvgIpc) is 2.37. The standard InChI is InChI=1S/C17H27N3O2/c1-6-18-16(22)19-15(21)12-20(5)11-13-7-9-14(10-8-13)17(2,3)4/h7-10H,6,11-12H2,1-5H3,(H2,18,19,21,22)/p+1. The van der Waals surface area contributed by atoms with Gasteiger partial charge in [-0.25, -0.2) is 4.79 Å². The molecule has 22 heavy (non-hydrogen) atoms. The first-order valence-corrected chi connectivity index (χ1v) is 7.70. The predicted molar refractivity (Wildman–Crippen MR) is 87.8 cm³/mol. The molecule has 1 aromatic rings. The highest BCUT2D eigenvalue weighted by Gasteiger charge is 2.15. The number of quaternary nitrogens is 1. The van der Waals surface area contributed by atoms with Crippen LogP contribution in [0.4, 0.5) is 4.79 Å². The molecule has 0 radical (unpaired) electrons. The highest BCUT2D eigenvalue weighted by Crippen LogP contribution is 2.21. The van der Waals surface area contributed by atoms with Gasteiger partial charge in [0.05, 0.1) is 7.05 Å². The second kappa shape index (κ2) is 7.94.